The van der Waals surface area contributed by atoms with Crippen molar-refractivity contribution in [1.82, 2.24) is 0 Å². The lowest BCUT2D eigenvalue weighted by molar-refractivity contribution is 0.103. The summed E-state index contributed by atoms with van der Waals surface area (Å²) in [6.07, 6.45) is 9.02. The Bertz CT molecular complexity index is 286. The number of primary sulfonamides is 1. The molecule has 0 radical (unpaired) electrons. The van der Waals surface area contributed by atoms with Crippen LogP contribution in [0.2, 0.25) is 0 Å². The van der Waals surface area contributed by atoms with E-state index in [1.807, 2.05) is 0 Å². The Morgan fingerprint density at radius 2 is 1.76 bits per heavy atom. The van der Waals surface area contributed by atoms with E-state index in [0.29, 0.717) is 6.42 Å². The van der Waals surface area contributed by atoms with Crippen LogP contribution in [0.25, 0.3) is 0 Å². The number of hydrogen-bond acceptors (Lipinski definition) is 3. The monoisotopic (exact) mass is 263 g/mol. The predicted octanol–water partition coefficient (Wildman–Crippen LogP) is 2.04. The Morgan fingerprint density at radius 1 is 1.06 bits per heavy atom. The van der Waals surface area contributed by atoms with Gasteiger partial charge in [0.1, 0.15) is 0 Å². The molecule has 0 atom stereocenters. The standard InChI is InChI=1S/C12H25NO3S/c13-17(14,15)11-4-2-1-3-9-16-10-8-12-6-5-7-12/h12H,1-11H2,(H2,13,14,15). The zero-order chi connectivity index (χ0) is 12.6. The molecule has 1 rings (SSSR count). The van der Waals surface area contributed by atoms with Gasteiger partial charge >= 0.3 is 0 Å². The summed E-state index contributed by atoms with van der Waals surface area (Å²) in [6, 6.07) is 0. The van der Waals surface area contributed by atoms with Gasteiger partial charge in [-0.3, -0.25) is 0 Å². The molecule has 0 aromatic heterocycles. The smallest absolute Gasteiger partial charge is 0.209 e. The van der Waals surface area contributed by atoms with Crippen LogP contribution in [0.3, 0.4) is 0 Å². The molecule has 0 heterocycles. The Kier molecular flexibility index (Phi) is 7.08. The number of sulfonamides is 1. The third-order valence-electron chi connectivity index (χ3n) is 3.36. The van der Waals surface area contributed by atoms with Crippen molar-refractivity contribution in [3.8, 4) is 0 Å². The lowest BCUT2D eigenvalue weighted by Crippen LogP contribution is -2.16. The minimum atomic E-state index is -3.26. The number of ether oxygens (including phenoxy) is 1. The molecule has 1 saturated carbocycles. The lowest BCUT2D eigenvalue weighted by Gasteiger charge is -2.24. The highest BCUT2D eigenvalue weighted by atomic mass is 32.2. The highest BCUT2D eigenvalue weighted by molar-refractivity contribution is 7.89. The molecule has 4 nitrogen and oxygen atoms in total. The van der Waals surface area contributed by atoms with Gasteiger partial charge in [-0.1, -0.05) is 32.1 Å². The van der Waals surface area contributed by atoms with Crippen LogP contribution >= 0.6 is 0 Å². The zero-order valence-electron chi connectivity index (χ0n) is 10.6. The molecule has 2 N–H and O–H groups in total. The molecule has 0 aromatic carbocycles. The first-order chi connectivity index (χ1) is 8.08. The van der Waals surface area contributed by atoms with E-state index in [1.54, 1.807) is 0 Å². The highest BCUT2D eigenvalue weighted by Gasteiger charge is 2.16. The van der Waals surface area contributed by atoms with Gasteiger partial charge in [0.15, 0.2) is 0 Å². The predicted molar refractivity (Wildman–Crippen MR) is 69.2 cm³/mol. The van der Waals surface area contributed by atoms with Crippen LogP contribution < -0.4 is 5.14 Å². The van der Waals surface area contributed by atoms with Crippen LogP contribution in [0.1, 0.15) is 51.4 Å². The van der Waals surface area contributed by atoms with E-state index >= 15 is 0 Å². The molecule has 1 fully saturated rings. The Hall–Kier alpha value is -0.130. The molecule has 0 amide bonds. The van der Waals surface area contributed by atoms with Gasteiger partial charge in [-0.25, -0.2) is 13.6 Å². The molecule has 102 valence electrons. The van der Waals surface area contributed by atoms with E-state index in [1.165, 1.54) is 25.7 Å². The van der Waals surface area contributed by atoms with E-state index in [0.717, 1.165) is 38.4 Å². The van der Waals surface area contributed by atoms with Crippen molar-refractivity contribution in [1.29, 1.82) is 0 Å². The maximum Gasteiger partial charge on any atom is 0.209 e. The molecule has 5 heteroatoms. The molecular weight excluding hydrogens is 238 g/mol. The van der Waals surface area contributed by atoms with Gasteiger partial charge in [0, 0.05) is 13.2 Å². The maximum atomic E-state index is 10.7. The zero-order valence-corrected chi connectivity index (χ0v) is 11.4. The molecule has 1 aliphatic carbocycles. The summed E-state index contributed by atoms with van der Waals surface area (Å²) < 4.78 is 26.9. The summed E-state index contributed by atoms with van der Waals surface area (Å²) >= 11 is 0. The molecule has 0 saturated heterocycles. The maximum absolute atomic E-state index is 10.7. The Balaban J connectivity index is 1.75. The second-order valence-electron chi connectivity index (χ2n) is 4.98. The van der Waals surface area contributed by atoms with Crippen molar-refractivity contribution in [3.63, 3.8) is 0 Å². The highest BCUT2D eigenvalue weighted by Crippen LogP contribution is 2.29. The average Bonchev–Trinajstić information content (AvgIpc) is 2.16. The Labute approximate surface area is 105 Å². The lowest BCUT2D eigenvalue weighted by atomic mass is 9.83. The first-order valence-electron chi connectivity index (χ1n) is 6.66. The first kappa shape index (κ1) is 14.9. The number of rotatable bonds is 10. The van der Waals surface area contributed by atoms with E-state index in [2.05, 4.69) is 0 Å². The van der Waals surface area contributed by atoms with Crippen molar-refractivity contribution in [3.05, 3.63) is 0 Å². The summed E-state index contributed by atoms with van der Waals surface area (Å²) in [5.41, 5.74) is 0. The van der Waals surface area contributed by atoms with Crippen molar-refractivity contribution < 1.29 is 13.2 Å². The third-order valence-corrected chi connectivity index (χ3v) is 4.22. The first-order valence-corrected chi connectivity index (χ1v) is 8.38. The summed E-state index contributed by atoms with van der Waals surface area (Å²) in [7, 11) is -3.26. The summed E-state index contributed by atoms with van der Waals surface area (Å²) in [5.74, 6) is 1.03. The fourth-order valence-electron chi connectivity index (χ4n) is 1.99. The minimum absolute atomic E-state index is 0.107. The van der Waals surface area contributed by atoms with Crippen LogP contribution in [0.5, 0.6) is 0 Å². The number of nitrogens with two attached hydrogens (primary N) is 1. The van der Waals surface area contributed by atoms with Gasteiger partial charge in [0.05, 0.1) is 5.75 Å². The van der Waals surface area contributed by atoms with Gasteiger partial charge in [-0.15, -0.1) is 0 Å². The van der Waals surface area contributed by atoms with E-state index in [4.69, 9.17) is 9.88 Å². The van der Waals surface area contributed by atoms with Gasteiger partial charge in [-0.2, -0.15) is 0 Å². The molecule has 0 aliphatic heterocycles. The van der Waals surface area contributed by atoms with Gasteiger partial charge < -0.3 is 4.74 Å². The topological polar surface area (TPSA) is 69.4 Å². The van der Waals surface area contributed by atoms with E-state index in [-0.39, 0.29) is 5.75 Å². The second kappa shape index (κ2) is 8.06. The SMILES string of the molecule is NS(=O)(=O)CCCCCCOCCC1CCC1. The van der Waals surface area contributed by atoms with Crippen molar-refractivity contribution in [2.75, 3.05) is 19.0 Å². The molecular formula is C12H25NO3S. The van der Waals surface area contributed by atoms with Gasteiger partial charge in [-0.05, 0) is 25.2 Å². The summed E-state index contributed by atoms with van der Waals surface area (Å²) in [6.45, 7) is 1.70. The quantitative estimate of drug-likeness (QED) is 0.613. The number of unbranched alkanes of at least 4 members (excludes halogenated alkanes) is 3. The van der Waals surface area contributed by atoms with Crippen LogP contribution in [0.4, 0.5) is 0 Å². The summed E-state index contributed by atoms with van der Waals surface area (Å²) in [5, 5.41) is 4.91. The van der Waals surface area contributed by atoms with Gasteiger partial charge in [0.25, 0.3) is 0 Å². The van der Waals surface area contributed by atoms with Crippen LogP contribution in [-0.2, 0) is 14.8 Å². The van der Waals surface area contributed by atoms with Crippen LogP contribution in [0, 0.1) is 5.92 Å². The Morgan fingerprint density at radius 3 is 2.35 bits per heavy atom. The fraction of sp³-hybridized carbons (Fsp3) is 1.00. The second-order valence-corrected chi connectivity index (χ2v) is 6.71. The van der Waals surface area contributed by atoms with Crippen molar-refractivity contribution in [2.24, 2.45) is 11.1 Å². The molecule has 0 aromatic rings. The van der Waals surface area contributed by atoms with Crippen LogP contribution in [0.15, 0.2) is 0 Å². The van der Waals surface area contributed by atoms with Crippen molar-refractivity contribution >= 4 is 10.0 Å². The fourth-order valence-corrected chi connectivity index (χ4v) is 2.60. The molecule has 0 bridgehead atoms. The number of hydrogen-bond donors (Lipinski definition) is 1. The molecule has 0 unspecified atom stereocenters. The summed E-state index contributed by atoms with van der Waals surface area (Å²) in [4.78, 5) is 0. The van der Waals surface area contributed by atoms with Crippen LogP contribution in [-0.4, -0.2) is 27.4 Å². The molecule has 17 heavy (non-hydrogen) atoms. The van der Waals surface area contributed by atoms with E-state index < -0.39 is 10.0 Å². The molecule has 0 spiro atoms. The van der Waals surface area contributed by atoms with Crippen molar-refractivity contribution in [2.45, 2.75) is 51.4 Å². The molecule has 1 aliphatic rings. The van der Waals surface area contributed by atoms with Gasteiger partial charge in [0.2, 0.25) is 10.0 Å². The largest absolute Gasteiger partial charge is 0.381 e. The third kappa shape index (κ3) is 8.57. The van der Waals surface area contributed by atoms with E-state index in [9.17, 15) is 8.42 Å². The average molecular weight is 263 g/mol. The minimum Gasteiger partial charge on any atom is -0.381 e. The normalized spacial score (nSPS) is 17.0.